The van der Waals surface area contributed by atoms with E-state index in [0.717, 1.165) is 42.5 Å². The number of carbonyl (C=O) groups is 2. The Hall–Kier alpha value is -2.63. The molecule has 6 heteroatoms. The number of fused-ring (bicyclic) bond motifs is 5. The average molecular weight is 436 g/mol. The summed E-state index contributed by atoms with van der Waals surface area (Å²) in [4.78, 5) is 25.7. The van der Waals surface area contributed by atoms with Crippen LogP contribution in [0.3, 0.4) is 0 Å². The highest BCUT2D eigenvalue weighted by Crippen LogP contribution is 2.62. The molecule has 2 fully saturated rings. The molecule has 1 amide bonds. The Bertz CT molecular complexity index is 1050. The van der Waals surface area contributed by atoms with Crippen LogP contribution in [0.5, 0.6) is 0 Å². The van der Waals surface area contributed by atoms with Crippen LogP contribution in [0.4, 0.5) is 10.2 Å². The van der Waals surface area contributed by atoms with Crippen LogP contribution >= 0.6 is 0 Å². The Labute approximate surface area is 188 Å². The molecule has 2 aromatic rings. The number of aromatic nitrogens is 2. The molecular formula is C26H30FN3O2. The Morgan fingerprint density at radius 1 is 1.22 bits per heavy atom. The van der Waals surface area contributed by atoms with E-state index < -0.39 is 0 Å². The average Bonchev–Trinajstić information content (AvgIpc) is 3.04. The van der Waals surface area contributed by atoms with Crippen molar-refractivity contribution in [3.8, 4) is 0 Å². The third-order valence-corrected chi connectivity index (χ3v) is 8.37. The molecule has 0 bridgehead atoms. The van der Waals surface area contributed by atoms with Gasteiger partial charge in [0.15, 0.2) is 5.82 Å². The lowest BCUT2D eigenvalue weighted by Gasteiger charge is -2.50. The van der Waals surface area contributed by atoms with E-state index in [2.05, 4.69) is 28.5 Å². The largest absolute Gasteiger partial charge is 0.309 e. The lowest BCUT2D eigenvalue weighted by molar-refractivity contribution is -0.129. The number of Topliss-reactive ketones (excluding diaryl/α,β-unsaturated/α-hetero) is 1. The minimum Gasteiger partial charge on any atom is -0.309 e. The van der Waals surface area contributed by atoms with Gasteiger partial charge in [0.05, 0.1) is 5.69 Å². The topological polar surface area (TPSA) is 72.0 Å². The van der Waals surface area contributed by atoms with Gasteiger partial charge >= 0.3 is 0 Å². The number of ketones is 1. The van der Waals surface area contributed by atoms with Crippen LogP contribution in [-0.4, -0.2) is 21.9 Å². The number of aryl methyl sites for hydroxylation is 1. The number of carbonyl (C=O) groups excluding carboxylic acids is 2. The molecule has 3 aliphatic rings. The fourth-order valence-corrected chi connectivity index (χ4v) is 6.89. The summed E-state index contributed by atoms with van der Waals surface area (Å²) in [5.74, 6) is 1.78. The summed E-state index contributed by atoms with van der Waals surface area (Å²) in [5.41, 5.74) is 2.51. The van der Waals surface area contributed by atoms with Gasteiger partial charge in [-0.2, -0.15) is 5.10 Å². The van der Waals surface area contributed by atoms with Crippen molar-refractivity contribution in [1.29, 1.82) is 0 Å². The third kappa shape index (κ3) is 3.54. The van der Waals surface area contributed by atoms with Crippen molar-refractivity contribution in [2.24, 2.45) is 23.2 Å². The molecule has 0 saturated heterocycles. The number of halogens is 1. The lowest BCUT2D eigenvalue weighted by atomic mass is 9.54. The zero-order valence-electron chi connectivity index (χ0n) is 18.7. The molecule has 4 unspecified atom stereocenters. The standard InChI is InChI=1S/C26H30FN3O2/c1-15-6-10-23(30-29-15)28-24(32)11-7-16-14-22(31)26(2)13-12-18-17-4-3-5-21(27)19(17)8-9-20(18)25(16)26/h3-6,10,16,18,20,25H,7-9,11-14H2,1-2H3,(H,28,30,32)/t16?,18?,20?,25?,26-/m1/s1. The molecule has 0 radical (unpaired) electrons. The second-order valence-corrected chi connectivity index (χ2v) is 10.1. The molecule has 1 N–H and O–H groups in total. The van der Waals surface area contributed by atoms with Crippen LogP contribution in [0, 0.1) is 35.9 Å². The highest BCUT2D eigenvalue weighted by Gasteiger charge is 2.58. The summed E-state index contributed by atoms with van der Waals surface area (Å²) in [6.07, 6.45) is 5.07. The first-order valence-corrected chi connectivity index (χ1v) is 11.8. The molecule has 1 aromatic carbocycles. The predicted octanol–water partition coefficient (Wildman–Crippen LogP) is 4.99. The van der Waals surface area contributed by atoms with Gasteiger partial charge in [-0.1, -0.05) is 19.1 Å². The molecule has 1 aromatic heterocycles. The van der Waals surface area contributed by atoms with Gasteiger partial charge in [-0.25, -0.2) is 4.39 Å². The van der Waals surface area contributed by atoms with E-state index in [1.165, 1.54) is 0 Å². The van der Waals surface area contributed by atoms with Crippen LogP contribution in [0.15, 0.2) is 30.3 Å². The molecule has 5 atom stereocenters. The Balaban J connectivity index is 1.32. The first-order valence-electron chi connectivity index (χ1n) is 11.8. The zero-order chi connectivity index (χ0) is 22.5. The van der Waals surface area contributed by atoms with Crippen molar-refractivity contribution in [2.45, 2.75) is 64.7 Å². The highest BCUT2D eigenvalue weighted by molar-refractivity contribution is 5.90. The number of amides is 1. The Morgan fingerprint density at radius 3 is 2.84 bits per heavy atom. The number of benzene rings is 1. The van der Waals surface area contributed by atoms with Crippen LogP contribution in [0.25, 0.3) is 0 Å². The fourth-order valence-electron chi connectivity index (χ4n) is 6.89. The molecular weight excluding hydrogens is 405 g/mol. The fraction of sp³-hybridized carbons (Fsp3) is 0.538. The molecule has 2 saturated carbocycles. The smallest absolute Gasteiger partial charge is 0.225 e. The molecule has 0 aliphatic heterocycles. The summed E-state index contributed by atoms with van der Waals surface area (Å²) in [5, 5.41) is 10.8. The van der Waals surface area contributed by atoms with Gasteiger partial charge in [0.1, 0.15) is 11.6 Å². The first-order chi connectivity index (χ1) is 15.4. The maximum atomic E-state index is 14.4. The van der Waals surface area contributed by atoms with Crippen molar-refractivity contribution in [3.05, 3.63) is 53.0 Å². The summed E-state index contributed by atoms with van der Waals surface area (Å²) < 4.78 is 14.4. The van der Waals surface area contributed by atoms with Gasteiger partial charge in [-0.3, -0.25) is 9.59 Å². The van der Waals surface area contributed by atoms with E-state index in [0.29, 0.717) is 42.7 Å². The highest BCUT2D eigenvalue weighted by atomic mass is 19.1. The number of hydrogen-bond acceptors (Lipinski definition) is 4. The SMILES string of the molecule is Cc1ccc(NC(=O)CCC2CC(=O)[C@@]3(C)CCC4c5cccc(F)c5CCC4C23)nn1. The molecule has 3 aliphatic carbocycles. The van der Waals surface area contributed by atoms with Crippen LogP contribution in [-0.2, 0) is 16.0 Å². The number of rotatable bonds is 4. The number of hydrogen-bond donors (Lipinski definition) is 1. The number of nitrogens with zero attached hydrogens (tertiary/aromatic N) is 2. The van der Waals surface area contributed by atoms with Crippen molar-refractivity contribution < 1.29 is 14.0 Å². The van der Waals surface area contributed by atoms with Gasteiger partial charge < -0.3 is 5.32 Å². The normalized spacial score (nSPS) is 30.9. The summed E-state index contributed by atoms with van der Waals surface area (Å²) in [7, 11) is 0. The second-order valence-electron chi connectivity index (χ2n) is 10.1. The maximum Gasteiger partial charge on any atom is 0.225 e. The van der Waals surface area contributed by atoms with Crippen molar-refractivity contribution in [3.63, 3.8) is 0 Å². The van der Waals surface area contributed by atoms with E-state index >= 15 is 0 Å². The third-order valence-electron chi connectivity index (χ3n) is 8.37. The molecule has 0 spiro atoms. The van der Waals surface area contributed by atoms with Crippen molar-refractivity contribution >= 4 is 17.5 Å². The van der Waals surface area contributed by atoms with Crippen LogP contribution < -0.4 is 5.32 Å². The molecule has 5 rings (SSSR count). The summed E-state index contributed by atoms with van der Waals surface area (Å²) in [6.45, 7) is 3.99. The Morgan fingerprint density at radius 2 is 2.06 bits per heavy atom. The quantitative estimate of drug-likeness (QED) is 0.734. The minimum absolute atomic E-state index is 0.0902. The van der Waals surface area contributed by atoms with Crippen LogP contribution in [0.2, 0.25) is 0 Å². The molecule has 32 heavy (non-hydrogen) atoms. The van der Waals surface area contributed by atoms with Crippen molar-refractivity contribution in [2.75, 3.05) is 5.32 Å². The van der Waals surface area contributed by atoms with Gasteiger partial charge in [-0.05, 0) is 92.0 Å². The van der Waals surface area contributed by atoms with Crippen molar-refractivity contribution in [1.82, 2.24) is 10.2 Å². The molecule has 5 nitrogen and oxygen atoms in total. The maximum absolute atomic E-state index is 14.4. The lowest BCUT2D eigenvalue weighted by Crippen LogP contribution is -2.44. The predicted molar refractivity (Wildman–Crippen MR) is 120 cm³/mol. The Kier molecular flexibility index (Phi) is 5.34. The summed E-state index contributed by atoms with van der Waals surface area (Å²) in [6, 6.07) is 9.03. The first kappa shape index (κ1) is 21.2. The van der Waals surface area contributed by atoms with Crippen LogP contribution in [0.1, 0.15) is 68.2 Å². The van der Waals surface area contributed by atoms with E-state index in [1.54, 1.807) is 12.1 Å². The van der Waals surface area contributed by atoms with E-state index in [1.807, 2.05) is 19.1 Å². The van der Waals surface area contributed by atoms with E-state index in [9.17, 15) is 14.0 Å². The van der Waals surface area contributed by atoms with Gasteiger partial charge in [0, 0.05) is 18.3 Å². The second kappa shape index (κ2) is 8.05. The summed E-state index contributed by atoms with van der Waals surface area (Å²) >= 11 is 0. The number of anilines is 1. The van der Waals surface area contributed by atoms with Gasteiger partial charge in [0.2, 0.25) is 5.91 Å². The molecule has 168 valence electrons. The minimum atomic E-state index is -0.310. The van der Waals surface area contributed by atoms with Gasteiger partial charge in [0.25, 0.3) is 0 Å². The van der Waals surface area contributed by atoms with E-state index in [4.69, 9.17) is 0 Å². The monoisotopic (exact) mass is 435 g/mol. The van der Waals surface area contributed by atoms with Gasteiger partial charge in [-0.15, -0.1) is 5.10 Å². The zero-order valence-corrected chi connectivity index (χ0v) is 18.7. The number of nitrogens with one attached hydrogen (secondary N) is 1. The van der Waals surface area contributed by atoms with E-state index in [-0.39, 0.29) is 29.0 Å². The molecule has 1 heterocycles.